The minimum Gasteiger partial charge on any atom is -0.393 e. The molecule has 4 fully saturated rings. The van der Waals surface area contributed by atoms with E-state index in [-0.39, 0.29) is 42.4 Å². The van der Waals surface area contributed by atoms with Crippen LogP contribution in [0.5, 0.6) is 0 Å². The van der Waals surface area contributed by atoms with Crippen LogP contribution in [0.1, 0.15) is 92.4 Å². The monoisotopic (exact) mass is 592 g/mol. The van der Waals surface area contributed by atoms with E-state index in [1.54, 1.807) is 0 Å². The summed E-state index contributed by atoms with van der Waals surface area (Å²) in [6.45, 7) is 9.57. The topological polar surface area (TPSA) is 185 Å². The molecule has 40 heavy (non-hydrogen) atoms. The zero-order valence-corrected chi connectivity index (χ0v) is 25.4. The van der Waals surface area contributed by atoms with E-state index < -0.39 is 69.4 Å². The first-order valence-corrected chi connectivity index (χ1v) is 16.5. The molecule has 0 aromatic carbocycles. The highest BCUT2D eigenvalue weighted by atomic mass is 32.3. The molecule has 0 saturated heterocycles. The smallest absolute Gasteiger partial charge is 0.393 e. The summed E-state index contributed by atoms with van der Waals surface area (Å²) in [6, 6.07) is 0. The van der Waals surface area contributed by atoms with E-state index >= 15 is 0 Å². The fourth-order valence-electron chi connectivity index (χ4n) is 10.3. The summed E-state index contributed by atoms with van der Waals surface area (Å²) >= 11 is 0. The lowest BCUT2D eigenvalue weighted by molar-refractivity contribution is -0.315. The molecular weight excluding hydrogens is 540 g/mol. The van der Waals surface area contributed by atoms with Gasteiger partial charge in [0.2, 0.25) is 0 Å². The Morgan fingerprint density at radius 3 is 2.23 bits per heavy atom. The highest BCUT2D eigenvalue weighted by molar-refractivity contribution is 7.80. The molecule has 234 valence electrons. The third-order valence-corrected chi connectivity index (χ3v) is 12.7. The molecule has 4 aliphatic rings. The van der Waals surface area contributed by atoms with E-state index in [1.807, 2.05) is 20.8 Å². The minimum absolute atomic E-state index is 0.0374. The van der Waals surface area contributed by atoms with Crippen molar-refractivity contribution in [2.75, 3.05) is 6.61 Å². The number of fused-ring (bicyclic) bond motifs is 5. The van der Waals surface area contributed by atoms with Crippen molar-refractivity contribution in [2.24, 2.45) is 46.3 Å². The molecule has 10 nitrogen and oxygen atoms in total. The lowest BCUT2D eigenvalue weighted by Gasteiger charge is -2.68. The van der Waals surface area contributed by atoms with Gasteiger partial charge in [0.15, 0.2) is 0 Å². The van der Waals surface area contributed by atoms with Crippen molar-refractivity contribution < 1.29 is 47.8 Å². The van der Waals surface area contributed by atoms with Crippen LogP contribution in [0, 0.1) is 46.3 Å². The standard InChI is InChI=1S/C29H52O10S/c1-16(2)19(22(32)15-39-40(36,37)38)7-6-17(3)20-12-21(31)25-26(20,4)10-9-23-27(5)11-8-18(30)13-29(27,35)24(33)14-28(23,25)34/h16-25,30-35H,6-15H2,1-5H3,(H,36,37,38)/t17-,18+,19+,20-,21+,22-,23-,24-,25-,26-,27-,28+,29+/m1/s1. The maximum Gasteiger partial charge on any atom is 0.397 e. The quantitative estimate of drug-likeness (QED) is 0.195. The molecule has 7 N–H and O–H groups in total. The van der Waals surface area contributed by atoms with Gasteiger partial charge < -0.3 is 30.6 Å². The minimum atomic E-state index is -4.65. The molecule has 0 spiro atoms. The molecule has 4 saturated carbocycles. The second-order valence-corrected chi connectivity index (χ2v) is 15.8. The Morgan fingerprint density at radius 2 is 1.62 bits per heavy atom. The van der Waals surface area contributed by atoms with Crippen LogP contribution in [-0.2, 0) is 14.6 Å². The van der Waals surface area contributed by atoms with Crippen LogP contribution in [0.2, 0.25) is 0 Å². The van der Waals surface area contributed by atoms with Crippen molar-refractivity contribution in [1.82, 2.24) is 0 Å². The zero-order valence-electron chi connectivity index (χ0n) is 24.6. The molecule has 0 amide bonds. The number of aliphatic hydroxyl groups excluding tert-OH is 4. The SMILES string of the molecule is CC(C)[C@H](CC[C@@H](C)[C@H]1C[C@H](O)[C@@H]2[C@]1(C)CC[C@H]1[C@@]2(O)C[C@@H](O)[C@@]2(O)C[C@@H](O)CC[C@]12C)[C@H](O)COS(=O)(=O)O. The van der Waals surface area contributed by atoms with Crippen LogP contribution < -0.4 is 0 Å². The molecule has 0 unspecified atom stereocenters. The summed E-state index contributed by atoms with van der Waals surface area (Å²) in [7, 11) is -4.65. The molecule has 4 aliphatic carbocycles. The van der Waals surface area contributed by atoms with Gasteiger partial charge in [-0.05, 0) is 73.5 Å². The predicted octanol–water partition coefficient (Wildman–Crippen LogP) is 2.05. The maximum atomic E-state index is 12.4. The zero-order chi connectivity index (χ0) is 30.1. The first-order valence-electron chi connectivity index (χ1n) is 15.1. The van der Waals surface area contributed by atoms with Crippen molar-refractivity contribution in [2.45, 2.75) is 128 Å². The van der Waals surface area contributed by atoms with Gasteiger partial charge in [0, 0.05) is 24.2 Å². The summed E-state index contributed by atoms with van der Waals surface area (Å²) in [4.78, 5) is 0. The summed E-state index contributed by atoms with van der Waals surface area (Å²) < 4.78 is 35.3. The van der Waals surface area contributed by atoms with Gasteiger partial charge in [0.1, 0.15) is 0 Å². The third-order valence-electron chi connectivity index (χ3n) is 12.3. The molecule has 0 heterocycles. The van der Waals surface area contributed by atoms with Crippen molar-refractivity contribution in [3.63, 3.8) is 0 Å². The number of hydrogen-bond acceptors (Lipinski definition) is 9. The number of aliphatic hydroxyl groups is 6. The Kier molecular flexibility index (Phi) is 8.92. The van der Waals surface area contributed by atoms with Crippen LogP contribution in [-0.4, -0.2) is 85.8 Å². The lowest BCUT2D eigenvalue weighted by atomic mass is 9.40. The fourth-order valence-corrected chi connectivity index (χ4v) is 10.6. The fraction of sp³-hybridized carbons (Fsp3) is 1.00. The highest BCUT2D eigenvalue weighted by Gasteiger charge is 2.74. The first-order chi connectivity index (χ1) is 18.3. The van der Waals surface area contributed by atoms with E-state index in [0.29, 0.717) is 38.5 Å². The average molecular weight is 593 g/mol. The summed E-state index contributed by atoms with van der Waals surface area (Å²) in [5.74, 6) is -0.790. The van der Waals surface area contributed by atoms with E-state index in [0.717, 1.165) is 6.42 Å². The molecule has 0 radical (unpaired) electrons. The van der Waals surface area contributed by atoms with Gasteiger partial charge in [-0.1, -0.05) is 41.0 Å². The van der Waals surface area contributed by atoms with Crippen molar-refractivity contribution in [1.29, 1.82) is 0 Å². The normalized spacial score (nSPS) is 47.7. The molecule has 4 rings (SSSR count). The molecule has 0 aromatic rings. The molecule has 0 bridgehead atoms. The van der Waals surface area contributed by atoms with Crippen LogP contribution in [0.25, 0.3) is 0 Å². The Bertz CT molecular complexity index is 1020. The van der Waals surface area contributed by atoms with Crippen molar-refractivity contribution in [3.05, 3.63) is 0 Å². The Hall–Kier alpha value is -0.370. The van der Waals surface area contributed by atoms with Gasteiger partial charge in [-0.25, -0.2) is 4.18 Å². The molecule has 0 aliphatic heterocycles. The highest BCUT2D eigenvalue weighted by Crippen LogP contribution is 2.70. The van der Waals surface area contributed by atoms with Crippen molar-refractivity contribution >= 4 is 10.4 Å². The van der Waals surface area contributed by atoms with Crippen LogP contribution >= 0.6 is 0 Å². The van der Waals surface area contributed by atoms with E-state index in [4.69, 9.17) is 4.55 Å². The number of hydrogen-bond donors (Lipinski definition) is 7. The van der Waals surface area contributed by atoms with Gasteiger partial charge in [0.05, 0.1) is 42.2 Å². The molecular formula is C29H52O10S. The van der Waals surface area contributed by atoms with Gasteiger partial charge in [-0.2, -0.15) is 8.42 Å². The predicted molar refractivity (Wildman–Crippen MR) is 147 cm³/mol. The summed E-state index contributed by atoms with van der Waals surface area (Å²) in [6.07, 6.45) is 0.539. The van der Waals surface area contributed by atoms with Gasteiger partial charge in [-0.15, -0.1) is 0 Å². The average Bonchev–Trinajstić information content (AvgIpc) is 3.10. The summed E-state index contributed by atoms with van der Waals surface area (Å²) in [5, 5.41) is 67.8. The van der Waals surface area contributed by atoms with Crippen LogP contribution in [0.3, 0.4) is 0 Å². The van der Waals surface area contributed by atoms with Crippen LogP contribution in [0.15, 0.2) is 0 Å². The number of rotatable bonds is 9. The lowest BCUT2D eigenvalue weighted by Crippen LogP contribution is -2.75. The Balaban J connectivity index is 1.53. The first kappa shape index (κ1) is 32.5. The Labute approximate surface area is 239 Å². The van der Waals surface area contributed by atoms with Crippen molar-refractivity contribution in [3.8, 4) is 0 Å². The van der Waals surface area contributed by atoms with Gasteiger partial charge in [-0.3, -0.25) is 4.55 Å². The second kappa shape index (κ2) is 11.0. The van der Waals surface area contributed by atoms with E-state index in [2.05, 4.69) is 18.0 Å². The largest absolute Gasteiger partial charge is 0.397 e. The van der Waals surface area contributed by atoms with E-state index in [1.165, 1.54) is 0 Å². The van der Waals surface area contributed by atoms with E-state index in [9.17, 15) is 39.1 Å². The molecule has 13 atom stereocenters. The van der Waals surface area contributed by atoms with Crippen LogP contribution in [0.4, 0.5) is 0 Å². The second-order valence-electron chi connectivity index (χ2n) is 14.7. The molecule has 11 heteroatoms. The third kappa shape index (κ3) is 5.30. The maximum absolute atomic E-state index is 12.4. The van der Waals surface area contributed by atoms with Gasteiger partial charge >= 0.3 is 10.4 Å². The summed E-state index contributed by atoms with van der Waals surface area (Å²) in [5.41, 5.74) is -4.03. The molecule has 0 aromatic heterocycles. The van der Waals surface area contributed by atoms with Gasteiger partial charge in [0.25, 0.3) is 0 Å². The Morgan fingerprint density at radius 1 is 0.975 bits per heavy atom.